The summed E-state index contributed by atoms with van der Waals surface area (Å²) in [6.45, 7) is 4.47. The van der Waals surface area contributed by atoms with E-state index in [0.29, 0.717) is 18.0 Å². The number of carbonyl (C=O) groups excluding carboxylic acids is 1. The molecule has 3 heterocycles. The molecule has 1 aliphatic heterocycles. The second-order valence-electron chi connectivity index (χ2n) is 8.10. The standard InChI is InChI=1S/C20H26N4OS2/c1-12-21-10-19(27-12)23-20(25)18-8-13(11-26-18)16-9-17(16)22-14-4-6-24(7-5-14)15-2-3-15/h8,10-11,14-17,22H,2-7,9H2,1H3,(H,23,25). The number of nitrogens with one attached hydrogen (secondary N) is 2. The van der Waals surface area contributed by atoms with E-state index in [1.54, 1.807) is 17.5 Å². The lowest BCUT2D eigenvalue weighted by Gasteiger charge is -2.32. The summed E-state index contributed by atoms with van der Waals surface area (Å²) in [7, 11) is 0. The number of carbonyl (C=O) groups is 1. The fourth-order valence-corrected chi connectivity index (χ4v) is 5.72. The Morgan fingerprint density at radius 1 is 1.26 bits per heavy atom. The van der Waals surface area contributed by atoms with E-state index >= 15 is 0 Å². The molecule has 5 rings (SSSR count). The molecule has 2 unspecified atom stereocenters. The van der Waals surface area contributed by atoms with Gasteiger partial charge in [0, 0.05) is 24.0 Å². The predicted molar refractivity (Wildman–Crippen MR) is 111 cm³/mol. The van der Waals surface area contributed by atoms with Gasteiger partial charge < -0.3 is 15.5 Å². The van der Waals surface area contributed by atoms with Gasteiger partial charge in [-0.15, -0.1) is 22.7 Å². The predicted octanol–water partition coefficient (Wildman–Crippen LogP) is 3.84. The Bertz CT molecular complexity index is 820. The van der Waals surface area contributed by atoms with Crippen LogP contribution in [0.1, 0.15) is 58.3 Å². The van der Waals surface area contributed by atoms with E-state index in [1.807, 2.05) is 6.92 Å². The zero-order valence-electron chi connectivity index (χ0n) is 15.6. The van der Waals surface area contributed by atoms with E-state index in [2.05, 4.69) is 32.0 Å². The minimum atomic E-state index is -0.0208. The van der Waals surface area contributed by atoms with Crippen molar-refractivity contribution in [1.29, 1.82) is 0 Å². The first-order chi connectivity index (χ1) is 13.2. The number of thiophene rings is 1. The normalized spacial score (nSPS) is 26.3. The molecule has 2 saturated carbocycles. The first-order valence-corrected chi connectivity index (χ1v) is 11.7. The van der Waals surface area contributed by atoms with Crippen LogP contribution in [0.3, 0.4) is 0 Å². The molecule has 2 atom stereocenters. The van der Waals surface area contributed by atoms with E-state index in [1.165, 1.54) is 62.1 Å². The highest BCUT2D eigenvalue weighted by molar-refractivity contribution is 7.16. The van der Waals surface area contributed by atoms with Crippen molar-refractivity contribution in [3.05, 3.63) is 33.1 Å². The average Bonchev–Trinajstić information content (AvgIpc) is 3.56. The summed E-state index contributed by atoms with van der Waals surface area (Å²) in [6, 6.07) is 4.25. The number of amides is 1. The summed E-state index contributed by atoms with van der Waals surface area (Å²) in [4.78, 5) is 20.1. The Hall–Kier alpha value is -1.28. The van der Waals surface area contributed by atoms with Crippen molar-refractivity contribution >= 4 is 33.6 Å². The van der Waals surface area contributed by atoms with Crippen LogP contribution in [-0.2, 0) is 0 Å². The number of rotatable bonds is 6. The van der Waals surface area contributed by atoms with Gasteiger partial charge in [-0.3, -0.25) is 4.79 Å². The van der Waals surface area contributed by atoms with Gasteiger partial charge in [0.15, 0.2) is 0 Å². The maximum atomic E-state index is 12.4. The molecule has 5 nitrogen and oxygen atoms in total. The van der Waals surface area contributed by atoms with Crippen LogP contribution in [0.2, 0.25) is 0 Å². The van der Waals surface area contributed by atoms with Crippen molar-refractivity contribution < 1.29 is 4.79 Å². The topological polar surface area (TPSA) is 57.3 Å². The van der Waals surface area contributed by atoms with Crippen molar-refractivity contribution in [2.75, 3.05) is 18.4 Å². The van der Waals surface area contributed by atoms with Gasteiger partial charge in [0.05, 0.1) is 16.1 Å². The second-order valence-corrected chi connectivity index (χ2v) is 10.2. The summed E-state index contributed by atoms with van der Waals surface area (Å²) < 4.78 is 0. The fourth-order valence-electron chi connectivity index (χ4n) is 4.18. The minimum absolute atomic E-state index is 0.0208. The molecule has 1 amide bonds. The number of nitrogens with zero attached hydrogens (tertiary/aromatic N) is 2. The molecule has 3 fully saturated rings. The Balaban J connectivity index is 1.12. The third-order valence-electron chi connectivity index (χ3n) is 5.96. The van der Waals surface area contributed by atoms with Crippen LogP contribution in [0, 0.1) is 6.92 Å². The number of hydrogen-bond acceptors (Lipinski definition) is 6. The average molecular weight is 403 g/mol. The Morgan fingerprint density at radius 3 is 2.78 bits per heavy atom. The van der Waals surface area contributed by atoms with Crippen LogP contribution in [0.4, 0.5) is 5.00 Å². The first-order valence-electron chi connectivity index (χ1n) is 9.98. The number of hydrogen-bond donors (Lipinski definition) is 2. The lowest BCUT2D eigenvalue weighted by molar-refractivity contribution is 0.103. The van der Waals surface area contributed by atoms with Crippen LogP contribution in [0.15, 0.2) is 17.6 Å². The highest BCUT2D eigenvalue weighted by atomic mass is 32.1. The van der Waals surface area contributed by atoms with Gasteiger partial charge in [0.1, 0.15) is 5.00 Å². The van der Waals surface area contributed by atoms with E-state index in [9.17, 15) is 4.79 Å². The summed E-state index contributed by atoms with van der Waals surface area (Å²) in [5.74, 6) is 0.558. The maximum absolute atomic E-state index is 12.4. The molecule has 144 valence electrons. The molecule has 2 aromatic rings. The van der Waals surface area contributed by atoms with Crippen LogP contribution in [0.25, 0.3) is 0 Å². The Labute approximate surface area is 168 Å². The zero-order valence-corrected chi connectivity index (χ0v) is 17.2. The highest BCUT2D eigenvalue weighted by Crippen LogP contribution is 2.43. The molecule has 1 saturated heterocycles. The largest absolute Gasteiger partial charge is 0.312 e. The van der Waals surface area contributed by atoms with Crippen molar-refractivity contribution in [3.8, 4) is 0 Å². The van der Waals surface area contributed by atoms with Crippen molar-refractivity contribution in [1.82, 2.24) is 15.2 Å². The molecular formula is C20H26N4OS2. The van der Waals surface area contributed by atoms with Gasteiger partial charge in [-0.05, 0) is 69.1 Å². The molecule has 3 aliphatic rings. The lowest BCUT2D eigenvalue weighted by Crippen LogP contribution is -2.44. The van der Waals surface area contributed by atoms with Crippen molar-refractivity contribution in [2.45, 2.75) is 63.1 Å². The summed E-state index contributed by atoms with van der Waals surface area (Å²) in [5.41, 5.74) is 1.32. The number of thiazole rings is 1. The number of piperidine rings is 1. The first kappa shape index (κ1) is 17.8. The molecular weight excluding hydrogens is 376 g/mol. The molecule has 0 spiro atoms. The maximum Gasteiger partial charge on any atom is 0.266 e. The number of likely N-dealkylation sites (tertiary alicyclic amines) is 1. The molecule has 2 N–H and O–H groups in total. The quantitative estimate of drug-likeness (QED) is 0.771. The molecule has 27 heavy (non-hydrogen) atoms. The van der Waals surface area contributed by atoms with Crippen molar-refractivity contribution in [2.24, 2.45) is 0 Å². The van der Waals surface area contributed by atoms with E-state index in [-0.39, 0.29) is 5.91 Å². The lowest BCUT2D eigenvalue weighted by atomic mass is 10.0. The number of anilines is 1. The summed E-state index contributed by atoms with van der Waals surface area (Å²) in [6.07, 6.45) is 8.33. The summed E-state index contributed by atoms with van der Waals surface area (Å²) in [5, 5.41) is 10.8. The SMILES string of the molecule is Cc1ncc(NC(=O)c2cc(C3CC3NC3CCN(C4CC4)CC3)cs2)s1. The Kier molecular flexibility index (Phi) is 4.80. The molecule has 0 bridgehead atoms. The molecule has 7 heteroatoms. The molecule has 0 aromatic carbocycles. The van der Waals surface area contributed by atoms with E-state index < -0.39 is 0 Å². The molecule has 2 aliphatic carbocycles. The van der Waals surface area contributed by atoms with Crippen molar-refractivity contribution in [3.63, 3.8) is 0 Å². The van der Waals surface area contributed by atoms with Gasteiger partial charge in [0.2, 0.25) is 0 Å². The van der Waals surface area contributed by atoms with E-state index in [0.717, 1.165) is 20.9 Å². The third-order valence-corrected chi connectivity index (χ3v) is 7.74. The van der Waals surface area contributed by atoms with Gasteiger partial charge in [-0.2, -0.15) is 0 Å². The molecule has 0 radical (unpaired) electrons. The van der Waals surface area contributed by atoms with Gasteiger partial charge >= 0.3 is 0 Å². The summed E-state index contributed by atoms with van der Waals surface area (Å²) >= 11 is 3.06. The minimum Gasteiger partial charge on any atom is -0.312 e. The zero-order chi connectivity index (χ0) is 18.4. The van der Waals surface area contributed by atoms with Crippen LogP contribution >= 0.6 is 22.7 Å². The second kappa shape index (κ2) is 7.28. The fraction of sp³-hybridized carbons (Fsp3) is 0.600. The van der Waals surface area contributed by atoms with Crippen LogP contribution in [0.5, 0.6) is 0 Å². The monoisotopic (exact) mass is 402 g/mol. The van der Waals surface area contributed by atoms with E-state index in [4.69, 9.17) is 0 Å². The number of aryl methyl sites for hydroxylation is 1. The van der Waals surface area contributed by atoms with Gasteiger partial charge in [-0.1, -0.05) is 0 Å². The van der Waals surface area contributed by atoms with Crippen LogP contribution < -0.4 is 10.6 Å². The van der Waals surface area contributed by atoms with Gasteiger partial charge in [-0.25, -0.2) is 4.98 Å². The smallest absolute Gasteiger partial charge is 0.266 e. The highest BCUT2D eigenvalue weighted by Gasteiger charge is 2.41. The third kappa shape index (κ3) is 4.11. The van der Waals surface area contributed by atoms with Gasteiger partial charge in [0.25, 0.3) is 5.91 Å². The Morgan fingerprint density at radius 2 is 2.07 bits per heavy atom. The molecule has 2 aromatic heterocycles. The number of aromatic nitrogens is 1. The van der Waals surface area contributed by atoms with Crippen LogP contribution in [-0.4, -0.2) is 47.0 Å².